The number of esters is 3. The van der Waals surface area contributed by atoms with Gasteiger partial charge in [-0.25, -0.2) is 0 Å². The first-order valence-electron chi connectivity index (χ1n) is 26.4. The summed E-state index contributed by atoms with van der Waals surface area (Å²) in [6, 6.07) is 0. The zero-order valence-corrected chi connectivity index (χ0v) is 42.6. The largest absolute Gasteiger partial charge is 0.462 e. The Bertz CT molecular complexity index is 1530. The molecule has 0 aromatic carbocycles. The molecule has 0 fully saturated rings. The van der Waals surface area contributed by atoms with E-state index < -0.39 is 12.1 Å². The lowest BCUT2D eigenvalue weighted by Crippen LogP contribution is -2.30. The minimum absolute atomic E-state index is 0.131. The van der Waals surface area contributed by atoms with Crippen LogP contribution in [0.1, 0.15) is 201 Å². The summed E-state index contributed by atoms with van der Waals surface area (Å²) in [5.41, 5.74) is 0. The Morgan fingerprint density at radius 2 is 0.642 bits per heavy atom. The van der Waals surface area contributed by atoms with Gasteiger partial charge in [-0.05, 0) is 122 Å². The summed E-state index contributed by atoms with van der Waals surface area (Å²) < 4.78 is 16.7. The van der Waals surface area contributed by atoms with E-state index in [2.05, 4.69) is 167 Å². The van der Waals surface area contributed by atoms with E-state index in [0.717, 1.165) is 116 Å². The first kappa shape index (κ1) is 62.3. The lowest BCUT2D eigenvalue weighted by Gasteiger charge is -2.18. The molecule has 0 saturated carbocycles. The Kier molecular flexibility index (Phi) is 50.1. The first-order valence-corrected chi connectivity index (χ1v) is 26.4. The quantitative estimate of drug-likeness (QED) is 0.0199. The Balaban J connectivity index is 4.63. The molecule has 0 amide bonds. The van der Waals surface area contributed by atoms with Crippen molar-refractivity contribution >= 4 is 17.9 Å². The molecule has 6 heteroatoms. The van der Waals surface area contributed by atoms with Crippen LogP contribution in [0.4, 0.5) is 0 Å². The standard InChI is InChI=1S/C61H94O6/c1-4-7-10-13-16-19-22-25-28-30-33-36-39-42-45-48-51-54-60(63)66-57-58(56-65-59(62)53-50-47-44-41-38-35-32-27-24-21-18-15-12-9-6-3)67-61(64)55-52-49-46-43-40-37-34-31-29-26-23-20-17-14-11-8-5-2/h7-8,10-11,16-21,24-29,33-34,36-37,42-43,45-46,58H,4-6,9,12-15,22-23,30-32,35,38-41,44,47-57H2,1-3H3/b10-7-,11-8-,19-16-,20-17-,21-18-,27-24-,28-25-,29-26-,36-33-,37-34-,45-42-,46-43-. The zero-order valence-electron chi connectivity index (χ0n) is 42.6. The first-order chi connectivity index (χ1) is 33.0. The van der Waals surface area contributed by atoms with Gasteiger partial charge >= 0.3 is 17.9 Å². The van der Waals surface area contributed by atoms with Gasteiger partial charge in [-0.1, -0.05) is 205 Å². The lowest BCUT2D eigenvalue weighted by atomic mass is 10.1. The van der Waals surface area contributed by atoms with Crippen molar-refractivity contribution in [3.8, 4) is 0 Å². The maximum Gasteiger partial charge on any atom is 0.306 e. The van der Waals surface area contributed by atoms with Crippen LogP contribution in [0.15, 0.2) is 146 Å². The van der Waals surface area contributed by atoms with Gasteiger partial charge in [-0.2, -0.15) is 0 Å². The van der Waals surface area contributed by atoms with E-state index in [1.165, 1.54) is 32.1 Å². The van der Waals surface area contributed by atoms with Gasteiger partial charge < -0.3 is 14.2 Å². The minimum atomic E-state index is -0.842. The molecule has 0 heterocycles. The summed E-state index contributed by atoms with van der Waals surface area (Å²) in [6.07, 6.45) is 76.9. The fourth-order valence-corrected chi connectivity index (χ4v) is 6.44. The number of hydrogen-bond donors (Lipinski definition) is 0. The third-order valence-corrected chi connectivity index (χ3v) is 10.3. The van der Waals surface area contributed by atoms with Gasteiger partial charge in [0.15, 0.2) is 6.10 Å². The Morgan fingerprint density at radius 1 is 0.328 bits per heavy atom. The van der Waals surface area contributed by atoms with Crippen molar-refractivity contribution < 1.29 is 28.6 Å². The monoisotopic (exact) mass is 923 g/mol. The van der Waals surface area contributed by atoms with Gasteiger partial charge in [0.05, 0.1) is 0 Å². The van der Waals surface area contributed by atoms with E-state index in [4.69, 9.17) is 14.2 Å². The van der Waals surface area contributed by atoms with E-state index in [1.54, 1.807) is 0 Å². The van der Waals surface area contributed by atoms with Gasteiger partial charge in [-0.3, -0.25) is 14.4 Å². The van der Waals surface area contributed by atoms with Crippen molar-refractivity contribution in [3.05, 3.63) is 146 Å². The average Bonchev–Trinajstić information content (AvgIpc) is 3.33. The third kappa shape index (κ3) is 52.1. The van der Waals surface area contributed by atoms with Gasteiger partial charge in [0, 0.05) is 19.3 Å². The van der Waals surface area contributed by atoms with Crippen LogP contribution in [-0.2, 0) is 28.6 Å². The average molecular weight is 923 g/mol. The molecular formula is C61H94O6. The molecule has 374 valence electrons. The van der Waals surface area contributed by atoms with Gasteiger partial charge in [-0.15, -0.1) is 0 Å². The van der Waals surface area contributed by atoms with Crippen molar-refractivity contribution in [1.82, 2.24) is 0 Å². The normalized spacial score (nSPS) is 13.3. The maximum absolute atomic E-state index is 12.8. The van der Waals surface area contributed by atoms with E-state index in [-0.39, 0.29) is 38.0 Å². The molecule has 1 atom stereocenters. The van der Waals surface area contributed by atoms with Crippen molar-refractivity contribution in [2.75, 3.05) is 13.2 Å². The summed E-state index contributed by atoms with van der Waals surface area (Å²) in [5, 5.41) is 0. The van der Waals surface area contributed by atoms with E-state index in [9.17, 15) is 14.4 Å². The van der Waals surface area contributed by atoms with Crippen LogP contribution in [0.25, 0.3) is 0 Å². The molecular weight excluding hydrogens is 829 g/mol. The Hall–Kier alpha value is -4.71. The SMILES string of the molecule is CC/C=C\C/C=C\C/C=C\C/C=C\C/C=C\CCCC(=O)OCC(COC(=O)CCCCCCCC/C=C\C=C/CCCCC)OC(=O)CCC/C=C\C/C=C\C/C=C\C/C=C\C/C=C\CC. The molecule has 0 aromatic heterocycles. The molecule has 0 bridgehead atoms. The summed E-state index contributed by atoms with van der Waals surface area (Å²) in [5.74, 6) is -1.07. The van der Waals surface area contributed by atoms with Gasteiger partial charge in [0.2, 0.25) is 0 Å². The van der Waals surface area contributed by atoms with Crippen LogP contribution < -0.4 is 0 Å². The van der Waals surface area contributed by atoms with Crippen LogP contribution >= 0.6 is 0 Å². The molecule has 0 N–H and O–H groups in total. The van der Waals surface area contributed by atoms with Crippen molar-refractivity contribution in [3.63, 3.8) is 0 Å². The predicted octanol–water partition coefficient (Wildman–Crippen LogP) is 17.6. The highest BCUT2D eigenvalue weighted by Gasteiger charge is 2.19. The topological polar surface area (TPSA) is 78.9 Å². The van der Waals surface area contributed by atoms with E-state index in [0.29, 0.717) is 19.3 Å². The van der Waals surface area contributed by atoms with Crippen LogP contribution in [-0.4, -0.2) is 37.2 Å². The number of allylic oxidation sites excluding steroid dienone is 24. The molecule has 6 nitrogen and oxygen atoms in total. The fraction of sp³-hybridized carbons (Fsp3) is 0.557. The highest BCUT2D eigenvalue weighted by molar-refractivity contribution is 5.71. The van der Waals surface area contributed by atoms with Crippen LogP contribution in [0.2, 0.25) is 0 Å². The Labute approximate surface area is 410 Å². The van der Waals surface area contributed by atoms with Gasteiger partial charge in [0.25, 0.3) is 0 Å². The van der Waals surface area contributed by atoms with Crippen LogP contribution in [0.3, 0.4) is 0 Å². The molecule has 0 aliphatic rings. The number of rotatable bonds is 45. The molecule has 1 unspecified atom stereocenters. The van der Waals surface area contributed by atoms with Crippen LogP contribution in [0, 0.1) is 0 Å². The molecule has 0 aliphatic heterocycles. The molecule has 0 saturated heterocycles. The second kappa shape index (κ2) is 53.9. The minimum Gasteiger partial charge on any atom is -0.462 e. The Morgan fingerprint density at radius 3 is 1.04 bits per heavy atom. The maximum atomic E-state index is 12.8. The highest BCUT2D eigenvalue weighted by Crippen LogP contribution is 2.11. The lowest BCUT2D eigenvalue weighted by molar-refractivity contribution is -0.167. The summed E-state index contributed by atoms with van der Waals surface area (Å²) in [7, 11) is 0. The second-order valence-electron chi connectivity index (χ2n) is 16.7. The smallest absolute Gasteiger partial charge is 0.306 e. The highest BCUT2D eigenvalue weighted by atomic mass is 16.6. The van der Waals surface area contributed by atoms with E-state index >= 15 is 0 Å². The van der Waals surface area contributed by atoms with Gasteiger partial charge in [0.1, 0.15) is 13.2 Å². The number of ether oxygens (including phenoxy) is 3. The molecule has 0 radical (unpaired) electrons. The number of carbonyl (C=O) groups excluding carboxylic acids is 3. The molecule has 0 spiro atoms. The van der Waals surface area contributed by atoms with Crippen LogP contribution in [0.5, 0.6) is 0 Å². The number of unbranched alkanes of at least 4 members (excludes halogenated alkanes) is 11. The van der Waals surface area contributed by atoms with E-state index in [1.807, 2.05) is 0 Å². The van der Waals surface area contributed by atoms with Crippen molar-refractivity contribution in [2.24, 2.45) is 0 Å². The molecule has 67 heavy (non-hydrogen) atoms. The summed E-state index contributed by atoms with van der Waals surface area (Å²) in [6.45, 7) is 6.25. The zero-order chi connectivity index (χ0) is 48.6. The molecule has 0 aliphatic carbocycles. The number of hydrogen-bond acceptors (Lipinski definition) is 6. The van der Waals surface area contributed by atoms with Crippen molar-refractivity contribution in [1.29, 1.82) is 0 Å². The summed E-state index contributed by atoms with van der Waals surface area (Å²) >= 11 is 0. The summed E-state index contributed by atoms with van der Waals surface area (Å²) in [4.78, 5) is 38.0. The fourth-order valence-electron chi connectivity index (χ4n) is 6.44. The third-order valence-electron chi connectivity index (χ3n) is 10.3. The number of carbonyl (C=O) groups is 3. The molecule has 0 aromatic rings. The molecule has 0 rings (SSSR count). The second-order valence-corrected chi connectivity index (χ2v) is 16.7. The van der Waals surface area contributed by atoms with Crippen molar-refractivity contribution in [2.45, 2.75) is 207 Å². The predicted molar refractivity (Wildman–Crippen MR) is 288 cm³/mol.